The second-order valence-electron chi connectivity index (χ2n) is 16.1. The van der Waals surface area contributed by atoms with Crippen molar-refractivity contribution in [1.82, 2.24) is 0 Å². The molecule has 0 saturated carbocycles. The van der Waals surface area contributed by atoms with E-state index in [0.29, 0.717) is 23.9 Å². The number of phosphoric ester groups is 1. The molecule has 0 saturated heterocycles. The Morgan fingerprint density at radius 1 is 0.571 bits per heavy atom. The number of esters is 2. The summed E-state index contributed by atoms with van der Waals surface area (Å²) in [6, 6.07) is 0. The molecule has 326 valence electrons. The van der Waals surface area contributed by atoms with E-state index in [-0.39, 0.29) is 26.1 Å². The van der Waals surface area contributed by atoms with Crippen LogP contribution in [0.4, 0.5) is 0 Å². The Balaban J connectivity index is 4.44. The summed E-state index contributed by atoms with van der Waals surface area (Å²) in [5.74, 6) is -0.906. The van der Waals surface area contributed by atoms with Crippen molar-refractivity contribution >= 4 is 19.8 Å². The highest BCUT2D eigenvalue weighted by molar-refractivity contribution is 7.45. The molecule has 2 atom stereocenters. The van der Waals surface area contributed by atoms with E-state index >= 15 is 0 Å². The number of phosphoric acid groups is 1. The zero-order valence-electron chi connectivity index (χ0n) is 36.6. The van der Waals surface area contributed by atoms with Crippen LogP contribution in [0.3, 0.4) is 0 Å². The molecule has 0 fully saturated rings. The van der Waals surface area contributed by atoms with Crippen molar-refractivity contribution in [2.75, 3.05) is 47.5 Å². The molecule has 0 bridgehead atoms. The fourth-order valence-electron chi connectivity index (χ4n) is 5.80. The molecule has 10 heteroatoms. The number of allylic oxidation sites excluding steroid dienone is 8. The molecule has 0 heterocycles. The van der Waals surface area contributed by atoms with Gasteiger partial charge in [0.2, 0.25) is 0 Å². The van der Waals surface area contributed by atoms with Crippen molar-refractivity contribution in [3.8, 4) is 0 Å². The lowest BCUT2D eigenvalue weighted by atomic mass is 10.1. The maximum absolute atomic E-state index is 12.7. The SMILES string of the molecule is CCCCCC/C=C/C=C/CCCCCCCC(=O)O[C@H](COC(=O)CCC/C=C/C/C=C/CCCCCCCCCCC)COP(=O)([O-])OCC[N+](C)(C)C. The standard InChI is InChI=1S/C46H84NO8P/c1-6-8-10-12-14-16-18-20-22-23-25-26-28-30-32-34-36-38-45(48)52-42-44(43-54-56(50,51)53-41-40-47(3,4)5)55-46(49)39-37-35-33-31-29-27-24-21-19-17-15-13-11-9-7-2/h17,19,21,24-26,30,32,44H,6-16,18,20,22-23,27-29,31,33-43H2,1-5H3/b19-17+,24-21+,26-25+,32-30+/t44-/m1/s1. The second-order valence-corrected chi connectivity index (χ2v) is 17.5. The normalized spacial score (nSPS) is 14.0. The van der Waals surface area contributed by atoms with Gasteiger partial charge < -0.3 is 27.9 Å². The molecule has 9 nitrogen and oxygen atoms in total. The van der Waals surface area contributed by atoms with Crippen molar-refractivity contribution in [3.05, 3.63) is 48.6 Å². The van der Waals surface area contributed by atoms with Crippen molar-refractivity contribution in [2.45, 2.75) is 187 Å². The number of likely N-dealkylation sites (N-methyl/N-ethyl adjacent to an activating group) is 1. The first-order valence-corrected chi connectivity index (χ1v) is 23.8. The molecule has 0 aromatic rings. The molecule has 0 rings (SSSR count). The average molecular weight is 810 g/mol. The smallest absolute Gasteiger partial charge is 0.306 e. The van der Waals surface area contributed by atoms with Crippen LogP contribution >= 0.6 is 7.82 Å². The van der Waals surface area contributed by atoms with Crippen LogP contribution in [0, 0.1) is 0 Å². The number of hydrogen-bond acceptors (Lipinski definition) is 8. The summed E-state index contributed by atoms with van der Waals surface area (Å²) >= 11 is 0. The van der Waals surface area contributed by atoms with Crippen LogP contribution < -0.4 is 4.89 Å². The first-order valence-electron chi connectivity index (χ1n) is 22.4. The van der Waals surface area contributed by atoms with Crippen molar-refractivity contribution < 1.29 is 42.1 Å². The van der Waals surface area contributed by atoms with Crippen LogP contribution in [0.1, 0.15) is 181 Å². The molecule has 0 spiro atoms. The molecule has 1 unspecified atom stereocenters. The van der Waals surface area contributed by atoms with Crippen LogP contribution in [-0.4, -0.2) is 70.0 Å². The minimum atomic E-state index is -4.64. The molecule has 0 aliphatic heterocycles. The number of hydrogen-bond donors (Lipinski definition) is 0. The number of rotatable bonds is 40. The third-order valence-corrected chi connectivity index (χ3v) is 10.3. The molecular weight excluding hydrogens is 725 g/mol. The summed E-state index contributed by atoms with van der Waals surface area (Å²) in [5, 5.41) is 0. The fourth-order valence-corrected chi connectivity index (χ4v) is 6.53. The van der Waals surface area contributed by atoms with Crippen molar-refractivity contribution in [1.29, 1.82) is 0 Å². The minimum Gasteiger partial charge on any atom is -0.756 e. The minimum absolute atomic E-state index is 0.0413. The molecule has 0 radical (unpaired) electrons. The Kier molecular flexibility index (Phi) is 37.1. The topological polar surface area (TPSA) is 111 Å². The van der Waals surface area contributed by atoms with Gasteiger partial charge in [0.1, 0.15) is 19.8 Å². The van der Waals surface area contributed by atoms with Gasteiger partial charge in [0, 0.05) is 12.8 Å². The largest absolute Gasteiger partial charge is 0.756 e. The fraction of sp³-hybridized carbons (Fsp3) is 0.783. The Morgan fingerprint density at radius 2 is 1.04 bits per heavy atom. The van der Waals surface area contributed by atoms with Gasteiger partial charge in [-0.25, -0.2) is 0 Å². The zero-order chi connectivity index (χ0) is 41.4. The third kappa shape index (κ3) is 41.6. The monoisotopic (exact) mass is 810 g/mol. The van der Waals surface area contributed by atoms with Crippen LogP contribution in [-0.2, 0) is 32.7 Å². The maximum Gasteiger partial charge on any atom is 0.306 e. The van der Waals surface area contributed by atoms with Gasteiger partial charge in [-0.1, -0.05) is 152 Å². The summed E-state index contributed by atoms with van der Waals surface area (Å²) < 4.78 is 33.8. The van der Waals surface area contributed by atoms with Gasteiger partial charge in [-0.05, 0) is 64.2 Å². The lowest BCUT2D eigenvalue weighted by Crippen LogP contribution is -2.37. The molecule has 0 aromatic heterocycles. The van der Waals surface area contributed by atoms with Crippen LogP contribution in [0.5, 0.6) is 0 Å². The quantitative estimate of drug-likeness (QED) is 0.0150. The van der Waals surface area contributed by atoms with E-state index < -0.39 is 32.5 Å². The van der Waals surface area contributed by atoms with Crippen molar-refractivity contribution in [2.24, 2.45) is 0 Å². The predicted molar refractivity (Wildman–Crippen MR) is 231 cm³/mol. The van der Waals surface area contributed by atoms with Gasteiger partial charge in [-0.2, -0.15) is 0 Å². The summed E-state index contributed by atoms with van der Waals surface area (Å²) in [6.45, 7) is 4.14. The Labute approximate surface area is 343 Å². The maximum atomic E-state index is 12.7. The first-order chi connectivity index (χ1) is 27.0. The van der Waals surface area contributed by atoms with E-state index in [1.165, 1.54) is 83.5 Å². The van der Waals surface area contributed by atoms with E-state index in [2.05, 4.69) is 62.5 Å². The van der Waals surface area contributed by atoms with E-state index in [0.717, 1.165) is 57.8 Å². The van der Waals surface area contributed by atoms with Gasteiger partial charge in [0.25, 0.3) is 7.82 Å². The lowest BCUT2D eigenvalue weighted by molar-refractivity contribution is -0.870. The number of ether oxygens (including phenoxy) is 2. The molecule has 56 heavy (non-hydrogen) atoms. The van der Waals surface area contributed by atoms with E-state index in [4.69, 9.17) is 18.5 Å². The summed E-state index contributed by atoms with van der Waals surface area (Å²) in [7, 11) is 1.13. The van der Waals surface area contributed by atoms with Crippen molar-refractivity contribution in [3.63, 3.8) is 0 Å². The molecular formula is C46H84NO8P. The van der Waals surface area contributed by atoms with Gasteiger partial charge in [0.05, 0.1) is 27.7 Å². The highest BCUT2D eigenvalue weighted by Crippen LogP contribution is 2.38. The van der Waals surface area contributed by atoms with Crippen LogP contribution in [0.2, 0.25) is 0 Å². The number of quaternary nitrogens is 1. The van der Waals surface area contributed by atoms with E-state index in [1.807, 2.05) is 21.1 Å². The van der Waals surface area contributed by atoms with Gasteiger partial charge in [0.15, 0.2) is 6.10 Å². The third-order valence-electron chi connectivity index (χ3n) is 9.35. The Morgan fingerprint density at radius 3 is 1.59 bits per heavy atom. The number of unbranched alkanes of at least 4 members (excludes halogenated alkanes) is 19. The average Bonchev–Trinajstić information content (AvgIpc) is 3.15. The van der Waals surface area contributed by atoms with Gasteiger partial charge >= 0.3 is 11.9 Å². The molecule has 0 aliphatic rings. The highest BCUT2D eigenvalue weighted by atomic mass is 31.2. The zero-order valence-corrected chi connectivity index (χ0v) is 37.5. The Hall–Kier alpha value is -2.03. The summed E-state index contributed by atoms with van der Waals surface area (Å²) in [4.78, 5) is 37.5. The predicted octanol–water partition coefficient (Wildman–Crippen LogP) is 12.1. The molecule has 0 amide bonds. The van der Waals surface area contributed by atoms with Crippen LogP contribution in [0.15, 0.2) is 48.6 Å². The van der Waals surface area contributed by atoms with E-state index in [1.54, 1.807) is 0 Å². The summed E-state index contributed by atoms with van der Waals surface area (Å²) in [6.07, 6.45) is 44.3. The highest BCUT2D eigenvalue weighted by Gasteiger charge is 2.21. The lowest BCUT2D eigenvalue weighted by Gasteiger charge is -2.28. The first kappa shape index (κ1) is 54.0. The summed E-state index contributed by atoms with van der Waals surface area (Å²) in [5.41, 5.74) is 0. The second kappa shape index (κ2) is 38.5. The Bertz CT molecular complexity index is 1100. The van der Waals surface area contributed by atoms with Gasteiger partial charge in [-0.15, -0.1) is 0 Å². The van der Waals surface area contributed by atoms with Gasteiger partial charge in [-0.3, -0.25) is 14.2 Å². The number of nitrogens with zero attached hydrogens (tertiary/aromatic N) is 1. The molecule has 0 aromatic carbocycles. The molecule has 0 N–H and O–H groups in total. The van der Waals surface area contributed by atoms with Crippen LogP contribution in [0.25, 0.3) is 0 Å². The number of carbonyl (C=O) groups is 2. The van der Waals surface area contributed by atoms with E-state index in [9.17, 15) is 19.0 Å². The molecule has 0 aliphatic carbocycles. The number of carbonyl (C=O) groups excluding carboxylic acids is 2.